The monoisotopic (exact) mass is 409 g/mol. The second kappa shape index (κ2) is 6.93. The van der Waals surface area contributed by atoms with Gasteiger partial charge in [0.15, 0.2) is 0 Å². The lowest BCUT2D eigenvalue weighted by Crippen LogP contribution is -2.52. The maximum atomic E-state index is 10.9. The highest BCUT2D eigenvalue weighted by Crippen LogP contribution is 2.56. The fraction of sp³-hybridized carbons (Fsp3) is 0.333. The summed E-state index contributed by atoms with van der Waals surface area (Å²) in [5.74, 6) is 0.197. The molecule has 3 aromatic rings. The van der Waals surface area contributed by atoms with Gasteiger partial charge >= 0.3 is 0 Å². The molecule has 1 N–H and O–H groups in total. The largest absolute Gasteiger partial charge is 0.387 e. The number of nitriles is 1. The predicted octanol–water partition coefficient (Wildman–Crippen LogP) is 5.21. The van der Waals surface area contributed by atoms with Gasteiger partial charge in [-0.05, 0) is 36.3 Å². The van der Waals surface area contributed by atoms with Crippen molar-refractivity contribution in [3.8, 4) is 23.0 Å². The SMILES string of the molecule is CC1(C)C(O)C(C#N)=C[C@]2(C)c3nn(-c4ccccc4)c(-c4ccccc4)c3CC[C@@H]12. The third-order valence-electron chi connectivity index (χ3n) is 7.43. The Balaban J connectivity index is 1.81. The van der Waals surface area contributed by atoms with Gasteiger partial charge in [0, 0.05) is 16.5 Å². The number of aliphatic hydroxyl groups is 1. The van der Waals surface area contributed by atoms with Crippen LogP contribution in [0.2, 0.25) is 0 Å². The van der Waals surface area contributed by atoms with E-state index >= 15 is 0 Å². The van der Waals surface area contributed by atoms with Crippen LogP contribution in [0.15, 0.2) is 72.3 Å². The molecule has 0 aliphatic heterocycles. The molecule has 1 unspecified atom stereocenters. The van der Waals surface area contributed by atoms with Crippen LogP contribution < -0.4 is 0 Å². The van der Waals surface area contributed by atoms with Crippen molar-refractivity contribution in [3.05, 3.63) is 83.6 Å². The predicted molar refractivity (Wildman–Crippen MR) is 122 cm³/mol. The molecule has 0 amide bonds. The Morgan fingerprint density at radius 3 is 2.32 bits per heavy atom. The highest BCUT2D eigenvalue weighted by molar-refractivity contribution is 5.69. The van der Waals surface area contributed by atoms with E-state index in [0.29, 0.717) is 5.57 Å². The molecule has 3 atom stereocenters. The summed E-state index contributed by atoms with van der Waals surface area (Å²) in [7, 11) is 0. The number of fused-ring (bicyclic) bond motifs is 3. The molecule has 1 aromatic heterocycles. The summed E-state index contributed by atoms with van der Waals surface area (Å²) in [6.07, 6.45) is 3.09. The van der Waals surface area contributed by atoms with Gasteiger partial charge in [0.1, 0.15) is 0 Å². The number of benzene rings is 2. The van der Waals surface area contributed by atoms with Gasteiger partial charge in [-0.2, -0.15) is 10.4 Å². The molecule has 2 aliphatic carbocycles. The van der Waals surface area contributed by atoms with Crippen molar-refractivity contribution in [3.63, 3.8) is 0 Å². The van der Waals surface area contributed by atoms with E-state index in [1.807, 2.05) is 30.3 Å². The summed E-state index contributed by atoms with van der Waals surface area (Å²) in [6.45, 7) is 6.36. The maximum Gasteiger partial charge on any atom is 0.0971 e. The van der Waals surface area contributed by atoms with E-state index in [2.05, 4.69) is 67.9 Å². The number of aromatic nitrogens is 2. The van der Waals surface area contributed by atoms with E-state index in [9.17, 15) is 10.4 Å². The highest BCUT2D eigenvalue weighted by atomic mass is 16.3. The molecule has 0 bridgehead atoms. The summed E-state index contributed by atoms with van der Waals surface area (Å²) in [5, 5.41) is 25.8. The molecule has 0 radical (unpaired) electrons. The van der Waals surface area contributed by atoms with E-state index in [1.54, 1.807) is 0 Å². The molecule has 0 saturated heterocycles. The first-order valence-corrected chi connectivity index (χ1v) is 10.9. The van der Waals surface area contributed by atoms with Crippen molar-refractivity contribution in [1.29, 1.82) is 5.26 Å². The minimum atomic E-state index is -0.748. The fourth-order valence-corrected chi connectivity index (χ4v) is 5.92. The highest BCUT2D eigenvalue weighted by Gasteiger charge is 2.55. The van der Waals surface area contributed by atoms with Crippen LogP contribution in [0, 0.1) is 22.7 Å². The third-order valence-corrected chi connectivity index (χ3v) is 7.43. The van der Waals surface area contributed by atoms with Gasteiger partial charge in [0.05, 0.1) is 34.8 Å². The van der Waals surface area contributed by atoms with Crippen molar-refractivity contribution in [2.45, 2.75) is 45.1 Å². The molecule has 31 heavy (non-hydrogen) atoms. The molecule has 0 spiro atoms. The molecule has 0 fully saturated rings. The molecule has 1 heterocycles. The molecular weight excluding hydrogens is 382 g/mol. The third kappa shape index (κ3) is 2.80. The first-order valence-electron chi connectivity index (χ1n) is 10.9. The van der Waals surface area contributed by atoms with Gasteiger partial charge in [-0.15, -0.1) is 0 Å². The van der Waals surface area contributed by atoms with E-state index in [1.165, 1.54) is 5.56 Å². The maximum absolute atomic E-state index is 10.9. The van der Waals surface area contributed by atoms with Crippen molar-refractivity contribution < 1.29 is 5.11 Å². The molecule has 0 saturated carbocycles. The second-order valence-electron chi connectivity index (χ2n) is 9.60. The normalized spacial score (nSPS) is 26.4. The Morgan fingerprint density at radius 1 is 1.03 bits per heavy atom. The van der Waals surface area contributed by atoms with Crippen LogP contribution >= 0.6 is 0 Å². The first kappa shape index (κ1) is 19.8. The molecule has 2 aliphatic rings. The van der Waals surface area contributed by atoms with Gasteiger partial charge in [0.2, 0.25) is 0 Å². The van der Waals surface area contributed by atoms with Gasteiger partial charge in [0.25, 0.3) is 0 Å². The lowest BCUT2D eigenvalue weighted by atomic mass is 9.52. The Kier molecular flexibility index (Phi) is 4.42. The first-order chi connectivity index (χ1) is 14.9. The summed E-state index contributed by atoms with van der Waals surface area (Å²) in [6, 6.07) is 22.9. The van der Waals surface area contributed by atoms with Crippen molar-refractivity contribution in [2.24, 2.45) is 11.3 Å². The van der Waals surface area contributed by atoms with Gasteiger partial charge in [-0.1, -0.05) is 75.4 Å². The molecule has 2 aromatic carbocycles. The fourth-order valence-electron chi connectivity index (χ4n) is 5.92. The zero-order valence-corrected chi connectivity index (χ0v) is 18.2. The van der Waals surface area contributed by atoms with Crippen LogP contribution in [0.3, 0.4) is 0 Å². The second-order valence-corrected chi connectivity index (χ2v) is 9.60. The van der Waals surface area contributed by atoms with Gasteiger partial charge in [-0.3, -0.25) is 0 Å². The van der Waals surface area contributed by atoms with Gasteiger partial charge < -0.3 is 5.11 Å². The summed E-state index contributed by atoms with van der Waals surface area (Å²) in [4.78, 5) is 0. The lowest BCUT2D eigenvalue weighted by Gasteiger charge is -2.52. The minimum Gasteiger partial charge on any atom is -0.387 e. The number of hydrogen-bond acceptors (Lipinski definition) is 3. The lowest BCUT2D eigenvalue weighted by molar-refractivity contribution is -0.0102. The molecule has 156 valence electrons. The minimum absolute atomic E-state index is 0.197. The topological polar surface area (TPSA) is 61.8 Å². The average Bonchev–Trinajstić information content (AvgIpc) is 3.18. The number of nitrogens with zero attached hydrogens (tertiary/aromatic N) is 3. The number of allylic oxidation sites excluding steroid dienone is 1. The van der Waals surface area contributed by atoms with E-state index < -0.39 is 16.9 Å². The Morgan fingerprint density at radius 2 is 1.68 bits per heavy atom. The van der Waals surface area contributed by atoms with Crippen LogP contribution in [-0.4, -0.2) is 21.0 Å². The Hall–Kier alpha value is -3.16. The van der Waals surface area contributed by atoms with E-state index in [-0.39, 0.29) is 5.92 Å². The summed E-state index contributed by atoms with van der Waals surface area (Å²) < 4.78 is 2.06. The Bertz CT molecular complexity index is 1200. The quantitative estimate of drug-likeness (QED) is 0.632. The zero-order chi connectivity index (χ0) is 21.8. The average molecular weight is 410 g/mol. The van der Waals surface area contributed by atoms with Crippen molar-refractivity contribution in [1.82, 2.24) is 9.78 Å². The summed E-state index contributed by atoms with van der Waals surface area (Å²) >= 11 is 0. The summed E-state index contributed by atoms with van der Waals surface area (Å²) in [5.41, 5.74) is 5.19. The van der Waals surface area contributed by atoms with Crippen LogP contribution in [0.25, 0.3) is 16.9 Å². The van der Waals surface area contributed by atoms with Crippen LogP contribution in [0.5, 0.6) is 0 Å². The smallest absolute Gasteiger partial charge is 0.0971 e. The number of hydrogen-bond donors (Lipinski definition) is 1. The van der Waals surface area contributed by atoms with E-state index in [0.717, 1.165) is 35.5 Å². The zero-order valence-electron chi connectivity index (χ0n) is 18.2. The molecule has 4 nitrogen and oxygen atoms in total. The Labute approximate surface area is 183 Å². The van der Waals surface area contributed by atoms with Crippen LogP contribution in [0.1, 0.15) is 38.4 Å². The molecular formula is C27H27N3O. The number of para-hydroxylation sites is 1. The van der Waals surface area contributed by atoms with Crippen molar-refractivity contribution >= 4 is 0 Å². The number of rotatable bonds is 2. The van der Waals surface area contributed by atoms with Crippen LogP contribution in [-0.2, 0) is 11.8 Å². The standard InChI is InChI=1S/C27H27N3O/c1-26(2)22-15-14-21-23(18-10-6-4-7-11-18)30(20-12-8-5-9-13-20)29-24(21)27(22,3)16-19(17-28)25(26)31/h4-13,16,22,25,31H,14-15H2,1-3H3/t22-,25?,27-/m0/s1. The van der Waals surface area contributed by atoms with Crippen LogP contribution in [0.4, 0.5) is 0 Å². The van der Waals surface area contributed by atoms with E-state index in [4.69, 9.17) is 5.10 Å². The van der Waals surface area contributed by atoms with Crippen molar-refractivity contribution in [2.75, 3.05) is 0 Å². The van der Waals surface area contributed by atoms with Gasteiger partial charge in [-0.25, -0.2) is 4.68 Å². The molecule has 5 rings (SSSR count). The molecule has 4 heteroatoms. The number of aliphatic hydroxyl groups excluding tert-OH is 1.